The number of unbranched alkanes of at least 4 members (excludes halogenated alkanes) is 2. The number of rotatable bonds is 5. The van der Waals surface area contributed by atoms with Gasteiger partial charge in [0.15, 0.2) is 0 Å². The summed E-state index contributed by atoms with van der Waals surface area (Å²) in [6.07, 6.45) is 4.41. The van der Waals surface area contributed by atoms with Crippen LogP contribution in [0.1, 0.15) is 31.2 Å². The molecule has 0 saturated carbocycles. The van der Waals surface area contributed by atoms with Crippen LogP contribution >= 0.6 is 11.5 Å². The zero-order valence-electron chi connectivity index (χ0n) is 8.12. The number of hydrogen-bond acceptors (Lipinski definition) is 4. The highest BCUT2D eigenvalue weighted by atomic mass is 32.1. The molecule has 0 fully saturated rings. The molecule has 0 saturated heterocycles. The molecule has 0 aliphatic heterocycles. The fourth-order valence-electron chi connectivity index (χ4n) is 1.04. The minimum absolute atomic E-state index is 0.314. The molecule has 0 aliphatic carbocycles. The molecule has 2 amide bonds. The molecule has 1 rings (SSSR count). The standard InChI is InChI=1S/C8H14N4OS/c1-2-3-4-5-6-10-8(12-14-6)11-7(9)13/h2-5H2,1H3,(H3,9,11,12,13). The summed E-state index contributed by atoms with van der Waals surface area (Å²) in [6.45, 7) is 2.15. The topological polar surface area (TPSA) is 80.9 Å². The first-order chi connectivity index (χ1) is 6.72. The summed E-state index contributed by atoms with van der Waals surface area (Å²) in [4.78, 5) is 14.6. The lowest BCUT2D eigenvalue weighted by atomic mass is 10.2. The van der Waals surface area contributed by atoms with Gasteiger partial charge in [0, 0.05) is 6.42 Å². The quantitative estimate of drug-likeness (QED) is 0.733. The number of aryl methyl sites for hydroxylation is 1. The van der Waals surface area contributed by atoms with E-state index < -0.39 is 6.03 Å². The third-order valence-electron chi connectivity index (χ3n) is 1.70. The van der Waals surface area contributed by atoms with E-state index in [1.54, 1.807) is 0 Å². The highest BCUT2D eigenvalue weighted by Gasteiger charge is 2.04. The monoisotopic (exact) mass is 214 g/mol. The van der Waals surface area contributed by atoms with E-state index in [1.165, 1.54) is 24.4 Å². The van der Waals surface area contributed by atoms with Gasteiger partial charge >= 0.3 is 6.03 Å². The van der Waals surface area contributed by atoms with E-state index in [9.17, 15) is 4.79 Å². The number of nitrogens with zero attached hydrogens (tertiary/aromatic N) is 2. The summed E-state index contributed by atoms with van der Waals surface area (Å²) in [5, 5.41) is 3.29. The molecule has 1 heterocycles. The summed E-state index contributed by atoms with van der Waals surface area (Å²) in [5.74, 6) is 0.314. The average molecular weight is 214 g/mol. The van der Waals surface area contributed by atoms with E-state index in [2.05, 4.69) is 21.6 Å². The third kappa shape index (κ3) is 3.69. The summed E-state index contributed by atoms with van der Waals surface area (Å²) < 4.78 is 3.95. The van der Waals surface area contributed by atoms with Crippen LogP contribution in [-0.2, 0) is 6.42 Å². The second kappa shape index (κ2) is 5.54. The van der Waals surface area contributed by atoms with Gasteiger partial charge in [-0.15, -0.1) is 0 Å². The van der Waals surface area contributed by atoms with E-state index >= 15 is 0 Å². The predicted octanol–water partition coefficient (Wildman–Crippen LogP) is 1.76. The van der Waals surface area contributed by atoms with Crippen molar-refractivity contribution in [3.8, 4) is 0 Å². The van der Waals surface area contributed by atoms with Crippen molar-refractivity contribution in [2.24, 2.45) is 5.73 Å². The first-order valence-corrected chi connectivity index (χ1v) is 5.38. The Labute approximate surface area is 86.9 Å². The Morgan fingerprint density at radius 2 is 2.36 bits per heavy atom. The summed E-state index contributed by atoms with van der Waals surface area (Å²) in [7, 11) is 0. The molecule has 5 nitrogen and oxygen atoms in total. The van der Waals surface area contributed by atoms with Crippen LogP contribution in [0.25, 0.3) is 0 Å². The van der Waals surface area contributed by atoms with Gasteiger partial charge in [-0.3, -0.25) is 5.32 Å². The lowest BCUT2D eigenvalue weighted by molar-refractivity contribution is 0.259. The predicted molar refractivity (Wildman–Crippen MR) is 56.3 cm³/mol. The minimum Gasteiger partial charge on any atom is -0.351 e. The molecular weight excluding hydrogens is 200 g/mol. The SMILES string of the molecule is CCCCCc1nc(NC(N)=O)ns1. The number of nitrogens with one attached hydrogen (secondary N) is 1. The Hall–Kier alpha value is -1.17. The number of urea groups is 1. The third-order valence-corrected chi connectivity index (χ3v) is 2.47. The fraction of sp³-hybridized carbons (Fsp3) is 0.625. The first kappa shape index (κ1) is 10.9. The Balaban J connectivity index is 2.38. The lowest BCUT2D eigenvalue weighted by Gasteiger charge is -1.93. The molecule has 0 aliphatic rings. The maximum Gasteiger partial charge on any atom is 0.319 e. The van der Waals surface area contributed by atoms with Gasteiger partial charge in [0.1, 0.15) is 5.01 Å². The van der Waals surface area contributed by atoms with E-state index in [0.29, 0.717) is 5.95 Å². The molecule has 6 heteroatoms. The van der Waals surface area contributed by atoms with Gasteiger partial charge in [-0.25, -0.2) is 9.78 Å². The van der Waals surface area contributed by atoms with E-state index in [-0.39, 0.29) is 0 Å². The summed E-state index contributed by atoms with van der Waals surface area (Å²) >= 11 is 1.31. The van der Waals surface area contributed by atoms with Crippen LogP contribution in [0.4, 0.5) is 10.7 Å². The Kier molecular flexibility index (Phi) is 4.31. The van der Waals surface area contributed by atoms with Gasteiger partial charge in [-0.2, -0.15) is 4.37 Å². The molecule has 0 aromatic carbocycles. The van der Waals surface area contributed by atoms with Crippen molar-refractivity contribution >= 4 is 23.5 Å². The second-order valence-electron chi connectivity index (χ2n) is 2.96. The smallest absolute Gasteiger partial charge is 0.319 e. The normalized spacial score (nSPS) is 10.1. The zero-order valence-corrected chi connectivity index (χ0v) is 8.93. The van der Waals surface area contributed by atoms with Gasteiger partial charge in [0.05, 0.1) is 0 Å². The Morgan fingerprint density at radius 3 is 3.00 bits per heavy atom. The maximum atomic E-state index is 10.5. The van der Waals surface area contributed by atoms with Gasteiger partial charge in [0.25, 0.3) is 0 Å². The van der Waals surface area contributed by atoms with E-state index in [1.807, 2.05) is 0 Å². The largest absolute Gasteiger partial charge is 0.351 e. The lowest BCUT2D eigenvalue weighted by Crippen LogP contribution is -2.19. The first-order valence-electron chi connectivity index (χ1n) is 4.61. The molecular formula is C8H14N4OS. The number of carbonyl (C=O) groups is 1. The number of amides is 2. The van der Waals surface area contributed by atoms with Crippen molar-refractivity contribution in [2.45, 2.75) is 32.6 Å². The van der Waals surface area contributed by atoms with Crippen molar-refractivity contribution < 1.29 is 4.79 Å². The van der Waals surface area contributed by atoms with Crippen LogP contribution in [0.3, 0.4) is 0 Å². The zero-order chi connectivity index (χ0) is 10.4. The molecule has 1 aromatic rings. The van der Waals surface area contributed by atoms with E-state index in [0.717, 1.165) is 17.8 Å². The van der Waals surface area contributed by atoms with Crippen molar-refractivity contribution in [3.05, 3.63) is 5.01 Å². The van der Waals surface area contributed by atoms with Crippen molar-refractivity contribution in [1.82, 2.24) is 9.36 Å². The molecule has 1 aromatic heterocycles. The Bertz CT molecular complexity index is 299. The van der Waals surface area contributed by atoms with Gasteiger partial charge in [0.2, 0.25) is 5.95 Å². The fourth-order valence-corrected chi connectivity index (χ4v) is 1.68. The number of aromatic nitrogens is 2. The number of carbonyl (C=O) groups excluding carboxylic acids is 1. The highest BCUT2D eigenvalue weighted by Crippen LogP contribution is 2.12. The summed E-state index contributed by atoms with van der Waals surface area (Å²) in [6, 6.07) is -0.622. The molecule has 0 bridgehead atoms. The Morgan fingerprint density at radius 1 is 1.57 bits per heavy atom. The van der Waals surface area contributed by atoms with Crippen LogP contribution < -0.4 is 11.1 Å². The van der Waals surface area contributed by atoms with Gasteiger partial charge in [-0.05, 0) is 18.0 Å². The number of nitrogens with two attached hydrogens (primary N) is 1. The van der Waals surface area contributed by atoms with Crippen LogP contribution in [0, 0.1) is 0 Å². The molecule has 0 atom stereocenters. The van der Waals surface area contributed by atoms with Crippen molar-refractivity contribution in [2.75, 3.05) is 5.32 Å². The van der Waals surface area contributed by atoms with Crippen molar-refractivity contribution in [1.29, 1.82) is 0 Å². The number of primary amides is 1. The van der Waals surface area contributed by atoms with Crippen molar-refractivity contribution in [3.63, 3.8) is 0 Å². The molecule has 0 radical (unpaired) electrons. The molecule has 14 heavy (non-hydrogen) atoms. The summed E-state index contributed by atoms with van der Waals surface area (Å²) in [5.41, 5.74) is 4.93. The van der Waals surface area contributed by atoms with Crippen LogP contribution in [-0.4, -0.2) is 15.4 Å². The second-order valence-corrected chi connectivity index (χ2v) is 3.79. The number of anilines is 1. The van der Waals surface area contributed by atoms with Gasteiger partial charge < -0.3 is 5.73 Å². The molecule has 0 spiro atoms. The minimum atomic E-state index is -0.622. The maximum absolute atomic E-state index is 10.5. The highest BCUT2D eigenvalue weighted by molar-refractivity contribution is 7.05. The molecule has 0 unspecified atom stereocenters. The van der Waals surface area contributed by atoms with E-state index in [4.69, 9.17) is 5.73 Å². The number of hydrogen-bond donors (Lipinski definition) is 2. The average Bonchev–Trinajstić information content (AvgIpc) is 2.52. The molecule has 3 N–H and O–H groups in total. The van der Waals surface area contributed by atoms with Crippen LogP contribution in [0.5, 0.6) is 0 Å². The molecule has 78 valence electrons. The van der Waals surface area contributed by atoms with Gasteiger partial charge in [-0.1, -0.05) is 19.8 Å². The van der Waals surface area contributed by atoms with Crippen LogP contribution in [0.15, 0.2) is 0 Å². The van der Waals surface area contributed by atoms with Crippen LogP contribution in [0.2, 0.25) is 0 Å².